The SMILES string of the molecule is O=C(NC1(C(=O)O)CCOC1)C1CC(=O)N(Cc2ccccc2)C1. The van der Waals surface area contributed by atoms with Crippen molar-refractivity contribution in [3.05, 3.63) is 35.9 Å². The normalized spacial score (nSPS) is 26.6. The lowest BCUT2D eigenvalue weighted by atomic mass is 9.97. The van der Waals surface area contributed by atoms with E-state index in [1.54, 1.807) is 4.90 Å². The van der Waals surface area contributed by atoms with E-state index in [-0.39, 0.29) is 25.4 Å². The third-order valence-electron chi connectivity index (χ3n) is 4.60. The molecule has 0 aliphatic carbocycles. The Labute approximate surface area is 139 Å². The molecule has 7 nitrogen and oxygen atoms in total. The van der Waals surface area contributed by atoms with Crippen molar-refractivity contribution in [2.75, 3.05) is 19.8 Å². The van der Waals surface area contributed by atoms with Crippen molar-refractivity contribution in [2.45, 2.75) is 24.9 Å². The van der Waals surface area contributed by atoms with Gasteiger partial charge in [0, 0.05) is 32.5 Å². The molecule has 2 unspecified atom stereocenters. The van der Waals surface area contributed by atoms with Gasteiger partial charge in [0.15, 0.2) is 5.54 Å². The molecule has 0 bridgehead atoms. The van der Waals surface area contributed by atoms with Crippen molar-refractivity contribution in [1.29, 1.82) is 0 Å². The summed E-state index contributed by atoms with van der Waals surface area (Å²) < 4.78 is 5.13. The highest BCUT2D eigenvalue weighted by Crippen LogP contribution is 2.24. The Kier molecular flexibility index (Phi) is 4.53. The Morgan fingerprint density at radius 3 is 2.71 bits per heavy atom. The third-order valence-corrected chi connectivity index (χ3v) is 4.60. The van der Waals surface area contributed by atoms with Crippen LogP contribution >= 0.6 is 0 Å². The third kappa shape index (κ3) is 3.26. The van der Waals surface area contributed by atoms with Crippen LogP contribution in [-0.4, -0.2) is 53.1 Å². The van der Waals surface area contributed by atoms with Gasteiger partial charge in [-0.3, -0.25) is 9.59 Å². The number of carbonyl (C=O) groups excluding carboxylic acids is 2. The summed E-state index contributed by atoms with van der Waals surface area (Å²) >= 11 is 0. The van der Waals surface area contributed by atoms with Crippen molar-refractivity contribution < 1.29 is 24.2 Å². The highest BCUT2D eigenvalue weighted by atomic mass is 16.5. The maximum Gasteiger partial charge on any atom is 0.331 e. The monoisotopic (exact) mass is 332 g/mol. The second kappa shape index (κ2) is 6.60. The summed E-state index contributed by atoms with van der Waals surface area (Å²) in [6.07, 6.45) is 0.345. The van der Waals surface area contributed by atoms with Crippen LogP contribution in [0.15, 0.2) is 30.3 Å². The molecule has 0 spiro atoms. The highest BCUT2D eigenvalue weighted by Gasteiger charge is 2.46. The van der Waals surface area contributed by atoms with Crippen molar-refractivity contribution >= 4 is 17.8 Å². The lowest BCUT2D eigenvalue weighted by Gasteiger charge is -2.25. The van der Waals surface area contributed by atoms with E-state index in [1.165, 1.54) is 0 Å². The predicted molar refractivity (Wildman–Crippen MR) is 83.9 cm³/mol. The fourth-order valence-electron chi connectivity index (χ4n) is 3.13. The van der Waals surface area contributed by atoms with Gasteiger partial charge in [-0.05, 0) is 5.56 Å². The molecule has 2 atom stereocenters. The molecule has 24 heavy (non-hydrogen) atoms. The number of likely N-dealkylation sites (tertiary alicyclic amines) is 1. The van der Waals surface area contributed by atoms with Crippen LogP contribution in [-0.2, 0) is 25.7 Å². The second-order valence-corrected chi connectivity index (χ2v) is 6.34. The summed E-state index contributed by atoms with van der Waals surface area (Å²) in [4.78, 5) is 37.7. The summed E-state index contributed by atoms with van der Waals surface area (Å²) in [5.41, 5.74) is -0.370. The standard InChI is InChI=1S/C17H20N2O5/c20-14-8-13(10-19(14)9-12-4-2-1-3-5-12)15(21)18-17(16(22)23)6-7-24-11-17/h1-5,13H,6-11H2,(H,18,21)(H,22,23). The Balaban J connectivity index is 1.62. The van der Waals surface area contributed by atoms with Gasteiger partial charge in [-0.15, -0.1) is 0 Å². The van der Waals surface area contributed by atoms with Crippen LogP contribution in [0.1, 0.15) is 18.4 Å². The maximum atomic E-state index is 12.4. The Morgan fingerprint density at radius 2 is 2.08 bits per heavy atom. The first kappa shape index (κ1) is 16.4. The van der Waals surface area contributed by atoms with Gasteiger partial charge in [0.1, 0.15) is 0 Å². The molecule has 2 N–H and O–H groups in total. The smallest absolute Gasteiger partial charge is 0.331 e. The lowest BCUT2D eigenvalue weighted by Crippen LogP contribution is -2.56. The summed E-state index contributed by atoms with van der Waals surface area (Å²) in [6, 6.07) is 9.56. The molecule has 2 amide bonds. The van der Waals surface area contributed by atoms with E-state index in [2.05, 4.69) is 5.32 Å². The van der Waals surface area contributed by atoms with E-state index in [4.69, 9.17) is 4.74 Å². The molecule has 2 saturated heterocycles. The summed E-state index contributed by atoms with van der Waals surface area (Å²) in [5, 5.41) is 12.0. The largest absolute Gasteiger partial charge is 0.479 e. The number of amides is 2. The number of aliphatic carboxylic acids is 1. The number of nitrogens with zero attached hydrogens (tertiary/aromatic N) is 1. The van der Waals surface area contributed by atoms with Crippen LogP contribution in [0.25, 0.3) is 0 Å². The molecule has 3 rings (SSSR count). The zero-order valence-electron chi connectivity index (χ0n) is 13.2. The van der Waals surface area contributed by atoms with Crippen LogP contribution in [0.3, 0.4) is 0 Å². The predicted octanol–water partition coefficient (Wildman–Crippen LogP) is 0.395. The van der Waals surface area contributed by atoms with E-state index in [9.17, 15) is 19.5 Å². The van der Waals surface area contributed by atoms with Crippen molar-refractivity contribution in [3.8, 4) is 0 Å². The molecule has 2 heterocycles. The van der Waals surface area contributed by atoms with Gasteiger partial charge in [-0.25, -0.2) is 4.79 Å². The number of carboxylic acids is 1. The van der Waals surface area contributed by atoms with E-state index in [0.717, 1.165) is 5.56 Å². The molecule has 1 aromatic rings. The number of hydrogen-bond donors (Lipinski definition) is 2. The molecule has 2 fully saturated rings. The van der Waals surface area contributed by atoms with Crippen LogP contribution in [0.2, 0.25) is 0 Å². The molecule has 128 valence electrons. The number of carbonyl (C=O) groups is 3. The summed E-state index contributed by atoms with van der Waals surface area (Å²) in [6.45, 7) is 1.02. The van der Waals surface area contributed by atoms with Gasteiger partial charge in [0.25, 0.3) is 0 Å². The highest BCUT2D eigenvalue weighted by molar-refractivity contribution is 5.93. The van der Waals surface area contributed by atoms with Gasteiger partial charge in [0.05, 0.1) is 12.5 Å². The van der Waals surface area contributed by atoms with Gasteiger partial charge >= 0.3 is 5.97 Å². The van der Waals surface area contributed by atoms with Crippen molar-refractivity contribution in [3.63, 3.8) is 0 Å². The fourth-order valence-corrected chi connectivity index (χ4v) is 3.13. The second-order valence-electron chi connectivity index (χ2n) is 6.34. The summed E-state index contributed by atoms with van der Waals surface area (Å²) in [5.74, 6) is -2.12. The van der Waals surface area contributed by atoms with Gasteiger partial charge < -0.3 is 20.1 Å². The Morgan fingerprint density at radius 1 is 1.33 bits per heavy atom. The topological polar surface area (TPSA) is 95.9 Å². The molecule has 1 aromatic carbocycles. The van der Waals surface area contributed by atoms with Gasteiger partial charge in [-0.2, -0.15) is 0 Å². The lowest BCUT2D eigenvalue weighted by molar-refractivity contribution is -0.148. The number of rotatable bonds is 5. The average molecular weight is 332 g/mol. The molecule has 0 aromatic heterocycles. The van der Waals surface area contributed by atoms with Crippen LogP contribution in [0.4, 0.5) is 0 Å². The molecule has 2 aliphatic rings. The molecule has 0 saturated carbocycles. The number of hydrogen-bond acceptors (Lipinski definition) is 4. The van der Waals surface area contributed by atoms with Crippen LogP contribution < -0.4 is 5.32 Å². The minimum Gasteiger partial charge on any atom is -0.479 e. The van der Waals surface area contributed by atoms with E-state index in [1.807, 2.05) is 30.3 Å². The van der Waals surface area contributed by atoms with E-state index in [0.29, 0.717) is 19.7 Å². The van der Waals surface area contributed by atoms with E-state index < -0.39 is 23.3 Å². The van der Waals surface area contributed by atoms with Crippen LogP contribution in [0.5, 0.6) is 0 Å². The van der Waals surface area contributed by atoms with Crippen LogP contribution in [0, 0.1) is 5.92 Å². The number of ether oxygens (including phenoxy) is 1. The van der Waals surface area contributed by atoms with E-state index >= 15 is 0 Å². The first-order valence-electron chi connectivity index (χ1n) is 7.95. The van der Waals surface area contributed by atoms with Gasteiger partial charge in [-0.1, -0.05) is 30.3 Å². The first-order valence-corrected chi connectivity index (χ1v) is 7.95. The Bertz CT molecular complexity index is 640. The number of benzene rings is 1. The fraction of sp³-hybridized carbons (Fsp3) is 0.471. The van der Waals surface area contributed by atoms with Crippen molar-refractivity contribution in [1.82, 2.24) is 10.2 Å². The van der Waals surface area contributed by atoms with Crippen molar-refractivity contribution in [2.24, 2.45) is 5.92 Å². The quantitative estimate of drug-likeness (QED) is 0.813. The number of nitrogens with one attached hydrogen (secondary N) is 1. The maximum absolute atomic E-state index is 12.4. The Hall–Kier alpha value is -2.41. The molecule has 7 heteroatoms. The first-order chi connectivity index (χ1) is 11.5. The minimum atomic E-state index is -1.37. The number of carboxylic acid groups (broad SMARTS) is 1. The molecular weight excluding hydrogens is 312 g/mol. The molecular formula is C17H20N2O5. The minimum absolute atomic E-state index is 0.0392. The van der Waals surface area contributed by atoms with Gasteiger partial charge in [0.2, 0.25) is 11.8 Å². The molecule has 0 radical (unpaired) electrons. The molecule has 2 aliphatic heterocycles. The zero-order valence-corrected chi connectivity index (χ0v) is 13.2. The summed E-state index contributed by atoms with van der Waals surface area (Å²) in [7, 11) is 0. The average Bonchev–Trinajstić information content (AvgIpc) is 3.17. The zero-order chi connectivity index (χ0) is 17.2.